The maximum atomic E-state index is 11.8. The van der Waals surface area contributed by atoms with E-state index in [1.165, 1.54) is 0 Å². The van der Waals surface area contributed by atoms with Crippen LogP contribution in [0.25, 0.3) is 0 Å². The topological polar surface area (TPSA) is 44.1 Å². The van der Waals surface area contributed by atoms with E-state index in [4.69, 9.17) is 5.26 Å². The number of carbonyl (C=O) groups is 1. The summed E-state index contributed by atoms with van der Waals surface area (Å²) < 4.78 is 0. The highest BCUT2D eigenvalue weighted by Crippen LogP contribution is 2.30. The van der Waals surface area contributed by atoms with E-state index in [9.17, 15) is 4.79 Å². The molecule has 3 heteroatoms. The number of para-hydroxylation sites is 1. The Morgan fingerprint density at radius 3 is 2.50 bits per heavy atom. The van der Waals surface area contributed by atoms with Crippen LogP contribution in [-0.4, -0.2) is 12.5 Å². The molecule has 0 spiro atoms. The molecule has 2 rings (SSSR count). The van der Waals surface area contributed by atoms with E-state index in [0.717, 1.165) is 16.8 Å². The minimum Gasteiger partial charge on any atom is -0.311 e. The third-order valence-corrected chi connectivity index (χ3v) is 3.02. The van der Waals surface area contributed by atoms with Gasteiger partial charge in [0.1, 0.15) is 0 Å². The molecule has 1 aromatic carbocycles. The maximum absolute atomic E-state index is 11.8. The van der Waals surface area contributed by atoms with Crippen molar-refractivity contribution in [3.05, 3.63) is 29.3 Å². The molecule has 0 bridgehead atoms. The molecule has 0 radical (unpaired) electrons. The highest BCUT2D eigenvalue weighted by molar-refractivity contribution is 5.97. The van der Waals surface area contributed by atoms with Gasteiger partial charge in [0.15, 0.2) is 0 Å². The number of amides is 1. The van der Waals surface area contributed by atoms with Gasteiger partial charge in [0.25, 0.3) is 0 Å². The molecule has 1 saturated heterocycles. The molecule has 0 saturated carbocycles. The lowest BCUT2D eigenvalue weighted by Crippen LogP contribution is -2.26. The molecule has 1 aliphatic rings. The van der Waals surface area contributed by atoms with Crippen LogP contribution in [0.2, 0.25) is 0 Å². The zero-order chi connectivity index (χ0) is 11.7. The summed E-state index contributed by atoms with van der Waals surface area (Å²) in [4.78, 5) is 13.6. The van der Waals surface area contributed by atoms with Crippen LogP contribution in [0.15, 0.2) is 18.2 Å². The smallest absolute Gasteiger partial charge is 0.228 e. The molecular formula is C13H14N2O. The summed E-state index contributed by atoms with van der Waals surface area (Å²) in [5.74, 6) is -0.101. The summed E-state index contributed by atoms with van der Waals surface area (Å²) >= 11 is 0. The van der Waals surface area contributed by atoms with E-state index >= 15 is 0 Å². The van der Waals surface area contributed by atoms with Crippen LogP contribution >= 0.6 is 0 Å². The first-order chi connectivity index (χ1) is 7.63. The Balaban J connectivity index is 2.39. The van der Waals surface area contributed by atoms with Gasteiger partial charge >= 0.3 is 0 Å². The molecule has 3 nitrogen and oxygen atoms in total. The summed E-state index contributed by atoms with van der Waals surface area (Å²) in [7, 11) is 0. The van der Waals surface area contributed by atoms with Gasteiger partial charge < -0.3 is 4.90 Å². The van der Waals surface area contributed by atoms with Gasteiger partial charge in [0.05, 0.1) is 12.0 Å². The van der Waals surface area contributed by atoms with Gasteiger partial charge in [0.2, 0.25) is 5.91 Å². The fourth-order valence-corrected chi connectivity index (χ4v) is 2.24. The van der Waals surface area contributed by atoms with Crippen molar-refractivity contribution in [3.63, 3.8) is 0 Å². The predicted octanol–water partition coefficient (Wildman–Crippen LogP) is 2.18. The maximum Gasteiger partial charge on any atom is 0.228 e. The number of rotatable bonds is 1. The zero-order valence-electron chi connectivity index (χ0n) is 9.53. The number of anilines is 1. The van der Waals surface area contributed by atoms with Crippen molar-refractivity contribution in [2.24, 2.45) is 5.92 Å². The van der Waals surface area contributed by atoms with Crippen molar-refractivity contribution >= 4 is 11.6 Å². The van der Waals surface area contributed by atoms with Gasteiger partial charge in [-0.15, -0.1) is 0 Å². The molecular weight excluding hydrogens is 200 g/mol. The average molecular weight is 214 g/mol. The minimum absolute atomic E-state index is 0.0592. The highest BCUT2D eigenvalue weighted by Gasteiger charge is 2.31. The lowest BCUT2D eigenvalue weighted by molar-refractivity contribution is -0.117. The Morgan fingerprint density at radius 2 is 2.00 bits per heavy atom. The number of carbonyl (C=O) groups excluding carboxylic acids is 1. The van der Waals surface area contributed by atoms with Crippen LogP contribution in [0.4, 0.5) is 5.69 Å². The van der Waals surface area contributed by atoms with E-state index in [1.807, 2.05) is 32.0 Å². The predicted molar refractivity (Wildman–Crippen MR) is 62.0 cm³/mol. The lowest BCUT2D eigenvalue weighted by Gasteiger charge is -2.20. The molecule has 1 unspecified atom stereocenters. The molecule has 1 amide bonds. The zero-order valence-corrected chi connectivity index (χ0v) is 9.53. The molecule has 0 aromatic heterocycles. The summed E-state index contributed by atoms with van der Waals surface area (Å²) in [5.41, 5.74) is 3.16. The number of aryl methyl sites for hydroxylation is 2. The van der Waals surface area contributed by atoms with Crippen LogP contribution < -0.4 is 4.90 Å². The first-order valence-electron chi connectivity index (χ1n) is 5.39. The molecule has 16 heavy (non-hydrogen) atoms. The quantitative estimate of drug-likeness (QED) is 0.719. The summed E-state index contributed by atoms with van der Waals surface area (Å²) in [5, 5.41) is 8.86. The van der Waals surface area contributed by atoms with Crippen molar-refractivity contribution in [1.82, 2.24) is 0 Å². The van der Waals surface area contributed by atoms with Crippen LogP contribution in [0.5, 0.6) is 0 Å². The fraction of sp³-hybridized carbons (Fsp3) is 0.385. The second kappa shape index (κ2) is 3.97. The lowest BCUT2D eigenvalue weighted by atomic mass is 10.1. The standard InChI is InChI=1S/C13H14N2O/c1-9-4-3-5-10(2)13(9)15-8-11(7-14)6-12(15)16/h3-5,11H,6,8H2,1-2H3. The number of benzene rings is 1. The number of hydrogen-bond donors (Lipinski definition) is 0. The molecule has 1 atom stereocenters. The molecule has 0 aliphatic carbocycles. The van der Waals surface area contributed by atoms with E-state index in [0.29, 0.717) is 13.0 Å². The Hall–Kier alpha value is -1.82. The van der Waals surface area contributed by atoms with Crippen LogP contribution in [0.1, 0.15) is 17.5 Å². The van der Waals surface area contributed by atoms with Gasteiger partial charge in [-0.2, -0.15) is 5.26 Å². The first-order valence-corrected chi connectivity index (χ1v) is 5.39. The second-order valence-electron chi connectivity index (χ2n) is 4.27. The second-order valence-corrected chi connectivity index (χ2v) is 4.27. The van der Waals surface area contributed by atoms with E-state index < -0.39 is 0 Å². The molecule has 1 aromatic rings. The Morgan fingerprint density at radius 1 is 1.38 bits per heavy atom. The van der Waals surface area contributed by atoms with E-state index in [2.05, 4.69) is 6.07 Å². The summed E-state index contributed by atoms with van der Waals surface area (Å²) in [6.45, 7) is 4.52. The Kier molecular flexibility index (Phi) is 2.66. The van der Waals surface area contributed by atoms with Gasteiger partial charge in [-0.3, -0.25) is 4.79 Å². The van der Waals surface area contributed by atoms with Gasteiger partial charge in [0, 0.05) is 18.7 Å². The minimum atomic E-state index is -0.161. The number of nitrogens with zero attached hydrogens (tertiary/aromatic N) is 2. The monoisotopic (exact) mass is 214 g/mol. The molecule has 1 fully saturated rings. The van der Waals surface area contributed by atoms with Crippen molar-refractivity contribution in [2.75, 3.05) is 11.4 Å². The van der Waals surface area contributed by atoms with Crippen LogP contribution in [0, 0.1) is 31.1 Å². The van der Waals surface area contributed by atoms with Gasteiger partial charge in [-0.25, -0.2) is 0 Å². The number of nitriles is 1. The van der Waals surface area contributed by atoms with Gasteiger partial charge in [-0.05, 0) is 25.0 Å². The third-order valence-electron chi connectivity index (χ3n) is 3.02. The first kappa shape index (κ1) is 10.7. The van der Waals surface area contributed by atoms with E-state index in [1.54, 1.807) is 4.90 Å². The molecule has 0 N–H and O–H groups in total. The van der Waals surface area contributed by atoms with E-state index in [-0.39, 0.29) is 11.8 Å². The fourth-order valence-electron chi connectivity index (χ4n) is 2.24. The number of hydrogen-bond acceptors (Lipinski definition) is 2. The molecule has 1 heterocycles. The van der Waals surface area contributed by atoms with Gasteiger partial charge in [-0.1, -0.05) is 18.2 Å². The summed E-state index contributed by atoms with van der Waals surface area (Å²) in [6, 6.07) is 8.14. The van der Waals surface area contributed by atoms with Crippen molar-refractivity contribution < 1.29 is 4.79 Å². The van der Waals surface area contributed by atoms with Crippen molar-refractivity contribution in [3.8, 4) is 6.07 Å². The van der Waals surface area contributed by atoms with Crippen LogP contribution in [0.3, 0.4) is 0 Å². The molecule has 82 valence electrons. The summed E-state index contributed by atoms with van der Waals surface area (Å²) in [6.07, 6.45) is 0.351. The molecule has 1 aliphatic heterocycles. The normalized spacial score (nSPS) is 19.9. The Bertz CT molecular complexity index is 453. The van der Waals surface area contributed by atoms with Crippen LogP contribution in [-0.2, 0) is 4.79 Å². The van der Waals surface area contributed by atoms with Crippen molar-refractivity contribution in [1.29, 1.82) is 5.26 Å². The largest absolute Gasteiger partial charge is 0.311 e. The SMILES string of the molecule is Cc1cccc(C)c1N1CC(C#N)CC1=O. The Labute approximate surface area is 95.3 Å². The average Bonchev–Trinajstić information content (AvgIpc) is 2.60. The highest BCUT2D eigenvalue weighted by atomic mass is 16.2. The van der Waals surface area contributed by atoms with Crippen molar-refractivity contribution in [2.45, 2.75) is 20.3 Å². The third kappa shape index (κ3) is 1.67.